The lowest BCUT2D eigenvalue weighted by Gasteiger charge is -2.27. The number of benzene rings is 1. The van der Waals surface area contributed by atoms with Gasteiger partial charge < -0.3 is 15.5 Å². The first-order valence-electron chi connectivity index (χ1n) is 8.42. The lowest BCUT2D eigenvalue weighted by atomic mass is 10.1. The Morgan fingerprint density at radius 1 is 1.04 bits per heavy atom. The number of hydrogen-bond acceptors (Lipinski definition) is 5. The molecular formula is C18H21N5O2. The highest BCUT2D eigenvalue weighted by Crippen LogP contribution is 2.18. The minimum Gasteiger partial charge on any atom is -0.356 e. The molecule has 3 rings (SSSR count). The summed E-state index contributed by atoms with van der Waals surface area (Å²) in [5.74, 6) is 0.646. The fraction of sp³-hybridized carbons (Fsp3) is 0.333. The Bertz CT molecular complexity index is 729. The van der Waals surface area contributed by atoms with Crippen molar-refractivity contribution in [1.29, 1.82) is 0 Å². The lowest BCUT2D eigenvalue weighted by Crippen LogP contribution is -2.33. The summed E-state index contributed by atoms with van der Waals surface area (Å²) in [5, 5.41) is 5.29. The maximum absolute atomic E-state index is 12.0. The third-order valence-corrected chi connectivity index (χ3v) is 4.05. The Morgan fingerprint density at radius 3 is 2.56 bits per heavy atom. The van der Waals surface area contributed by atoms with Crippen molar-refractivity contribution in [2.45, 2.75) is 19.3 Å². The largest absolute Gasteiger partial charge is 0.356 e. The van der Waals surface area contributed by atoms with Crippen molar-refractivity contribution in [3.05, 3.63) is 48.3 Å². The number of rotatable bonds is 5. The number of hydrogen-bond donors (Lipinski definition) is 2. The highest BCUT2D eigenvalue weighted by molar-refractivity contribution is 5.99. The predicted octanol–water partition coefficient (Wildman–Crippen LogP) is 1.84. The van der Waals surface area contributed by atoms with Gasteiger partial charge in [-0.15, -0.1) is 0 Å². The number of anilines is 2. The summed E-state index contributed by atoms with van der Waals surface area (Å²) in [7, 11) is 0. The van der Waals surface area contributed by atoms with Crippen LogP contribution in [0, 0.1) is 0 Å². The molecule has 0 saturated carbocycles. The van der Waals surface area contributed by atoms with Crippen molar-refractivity contribution in [2.24, 2.45) is 0 Å². The lowest BCUT2D eigenvalue weighted by molar-refractivity contribution is -0.115. The second-order valence-electron chi connectivity index (χ2n) is 5.91. The highest BCUT2D eigenvalue weighted by atomic mass is 16.2. The summed E-state index contributed by atoms with van der Waals surface area (Å²) in [5.41, 5.74) is 0.518. The number of aromatic nitrogens is 2. The van der Waals surface area contributed by atoms with E-state index in [0.717, 1.165) is 31.7 Å². The van der Waals surface area contributed by atoms with Gasteiger partial charge in [-0.25, -0.2) is 9.97 Å². The summed E-state index contributed by atoms with van der Waals surface area (Å²) in [4.78, 5) is 34.5. The SMILES string of the molecule is O=C(CNC(=O)c1ccccc1)Nc1cc(N2CCCCC2)ncn1. The Balaban J connectivity index is 1.53. The fourth-order valence-electron chi connectivity index (χ4n) is 2.75. The first-order valence-corrected chi connectivity index (χ1v) is 8.42. The first kappa shape index (κ1) is 16.9. The molecule has 1 aromatic carbocycles. The second-order valence-corrected chi connectivity index (χ2v) is 5.91. The van der Waals surface area contributed by atoms with Gasteiger partial charge in [-0.3, -0.25) is 9.59 Å². The number of nitrogens with one attached hydrogen (secondary N) is 2. The predicted molar refractivity (Wildman–Crippen MR) is 95.5 cm³/mol. The van der Waals surface area contributed by atoms with Crippen LogP contribution in [-0.4, -0.2) is 41.4 Å². The van der Waals surface area contributed by atoms with E-state index in [-0.39, 0.29) is 18.4 Å². The first-order chi connectivity index (χ1) is 12.2. The molecule has 2 amide bonds. The zero-order chi connectivity index (χ0) is 17.5. The minimum absolute atomic E-state index is 0.114. The molecule has 7 nitrogen and oxygen atoms in total. The molecule has 0 unspecified atom stereocenters. The monoisotopic (exact) mass is 339 g/mol. The number of nitrogens with zero attached hydrogens (tertiary/aromatic N) is 3. The molecule has 1 aromatic heterocycles. The Morgan fingerprint density at radius 2 is 1.80 bits per heavy atom. The molecule has 130 valence electrons. The average Bonchev–Trinajstić information content (AvgIpc) is 2.68. The van der Waals surface area contributed by atoms with E-state index in [1.54, 1.807) is 30.3 Å². The van der Waals surface area contributed by atoms with Crippen LogP contribution in [0.4, 0.5) is 11.6 Å². The van der Waals surface area contributed by atoms with E-state index in [2.05, 4.69) is 25.5 Å². The maximum Gasteiger partial charge on any atom is 0.251 e. The molecule has 0 atom stereocenters. The summed E-state index contributed by atoms with van der Waals surface area (Å²) in [6.07, 6.45) is 4.99. The van der Waals surface area contributed by atoms with E-state index in [4.69, 9.17) is 0 Å². The van der Waals surface area contributed by atoms with Gasteiger partial charge >= 0.3 is 0 Å². The third kappa shape index (κ3) is 4.76. The van der Waals surface area contributed by atoms with E-state index in [1.165, 1.54) is 12.7 Å². The van der Waals surface area contributed by atoms with E-state index in [1.807, 2.05) is 6.07 Å². The van der Waals surface area contributed by atoms with Crippen LogP contribution in [0.5, 0.6) is 0 Å². The molecule has 1 aliphatic heterocycles. The molecule has 0 aliphatic carbocycles. The molecule has 0 spiro atoms. The minimum atomic E-state index is -0.326. The molecule has 2 aromatic rings. The standard InChI is InChI=1S/C18H21N5O2/c24-17(12-19-18(25)14-7-3-1-4-8-14)22-15-11-16(21-13-20-15)23-9-5-2-6-10-23/h1,3-4,7-8,11,13H,2,5-6,9-10,12H2,(H,19,25)(H,20,21,22,24). The summed E-state index contributed by atoms with van der Waals surface area (Å²) >= 11 is 0. The maximum atomic E-state index is 12.0. The quantitative estimate of drug-likeness (QED) is 0.868. The number of carbonyl (C=O) groups excluding carboxylic acids is 2. The van der Waals surface area contributed by atoms with Crippen LogP contribution in [0.25, 0.3) is 0 Å². The van der Waals surface area contributed by atoms with Crippen LogP contribution in [0.15, 0.2) is 42.7 Å². The topological polar surface area (TPSA) is 87.2 Å². The Labute approximate surface area is 146 Å². The Kier molecular flexibility index (Phi) is 5.56. The third-order valence-electron chi connectivity index (χ3n) is 4.05. The Hall–Kier alpha value is -2.96. The van der Waals surface area contributed by atoms with E-state index >= 15 is 0 Å². The zero-order valence-electron chi connectivity index (χ0n) is 13.9. The van der Waals surface area contributed by atoms with Crippen molar-refractivity contribution >= 4 is 23.5 Å². The van der Waals surface area contributed by atoms with Crippen molar-refractivity contribution in [2.75, 3.05) is 29.9 Å². The van der Waals surface area contributed by atoms with Crippen LogP contribution in [0.2, 0.25) is 0 Å². The molecule has 0 bridgehead atoms. The molecule has 2 N–H and O–H groups in total. The number of piperidine rings is 1. The van der Waals surface area contributed by atoms with Gasteiger partial charge in [0.1, 0.15) is 18.0 Å². The van der Waals surface area contributed by atoms with Crippen molar-refractivity contribution in [3.63, 3.8) is 0 Å². The van der Waals surface area contributed by atoms with Gasteiger partial charge in [0.15, 0.2) is 0 Å². The molecule has 1 aliphatic rings. The number of carbonyl (C=O) groups is 2. The smallest absolute Gasteiger partial charge is 0.251 e. The van der Waals surface area contributed by atoms with Gasteiger partial charge in [0.05, 0.1) is 6.54 Å². The van der Waals surface area contributed by atoms with Gasteiger partial charge in [0.2, 0.25) is 5.91 Å². The second kappa shape index (κ2) is 8.23. The molecule has 0 radical (unpaired) electrons. The van der Waals surface area contributed by atoms with Crippen LogP contribution >= 0.6 is 0 Å². The zero-order valence-corrected chi connectivity index (χ0v) is 13.9. The summed E-state index contributed by atoms with van der Waals surface area (Å²) in [6, 6.07) is 10.5. The average molecular weight is 339 g/mol. The fourth-order valence-corrected chi connectivity index (χ4v) is 2.75. The van der Waals surface area contributed by atoms with Crippen LogP contribution in [0.3, 0.4) is 0 Å². The van der Waals surface area contributed by atoms with Gasteiger partial charge in [0, 0.05) is 24.7 Å². The van der Waals surface area contributed by atoms with E-state index in [0.29, 0.717) is 11.4 Å². The molecule has 1 saturated heterocycles. The summed E-state index contributed by atoms with van der Waals surface area (Å²) in [6.45, 7) is 1.83. The molecular weight excluding hydrogens is 318 g/mol. The van der Waals surface area contributed by atoms with Gasteiger partial charge in [-0.2, -0.15) is 0 Å². The van der Waals surface area contributed by atoms with Crippen molar-refractivity contribution in [3.8, 4) is 0 Å². The molecule has 25 heavy (non-hydrogen) atoms. The van der Waals surface area contributed by atoms with Crippen molar-refractivity contribution in [1.82, 2.24) is 15.3 Å². The van der Waals surface area contributed by atoms with Gasteiger partial charge in [0.25, 0.3) is 5.91 Å². The van der Waals surface area contributed by atoms with Crippen LogP contribution in [-0.2, 0) is 4.79 Å². The van der Waals surface area contributed by atoms with Crippen LogP contribution in [0.1, 0.15) is 29.6 Å². The summed E-state index contributed by atoms with van der Waals surface area (Å²) < 4.78 is 0. The highest BCUT2D eigenvalue weighted by Gasteiger charge is 2.14. The molecule has 7 heteroatoms. The number of amides is 2. The van der Waals surface area contributed by atoms with E-state index < -0.39 is 0 Å². The van der Waals surface area contributed by atoms with E-state index in [9.17, 15) is 9.59 Å². The van der Waals surface area contributed by atoms with Crippen molar-refractivity contribution < 1.29 is 9.59 Å². The van der Waals surface area contributed by atoms with Gasteiger partial charge in [-0.1, -0.05) is 18.2 Å². The molecule has 1 fully saturated rings. The molecule has 2 heterocycles. The normalized spacial score (nSPS) is 14.0. The van der Waals surface area contributed by atoms with Gasteiger partial charge in [-0.05, 0) is 31.4 Å². The van der Waals surface area contributed by atoms with Crippen LogP contribution < -0.4 is 15.5 Å².